The average molecular weight is 399 g/mol. The molecule has 0 bridgehead atoms. The zero-order chi connectivity index (χ0) is 20.3. The van der Waals surface area contributed by atoms with Crippen molar-refractivity contribution in [2.24, 2.45) is 11.8 Å². The van der Waals surface area contributed by atoms with Crippen molar-refractivity contribution in [2.75, 3.05) is 19.6 Å². The highest BCUT2D eigenvalue weighted by atomic mass is 16.3. The Morgan fingerprint density at radius 1 is 1.14 bits per heavy atom. The molecule has 1 aliphatic heterocycles. The van der Waals surface area contributed by atoms with E-state index in [9.17, 15) is 9.90 Å². The summed E-state index contributed by atoms with van der Waals surface area (Å²) < 4.78 is 0. The van der Waals surface area contributed by atoms with Crippen molar-refractivity contribution >= 4 is 5.91 Å². The van der Waals surface area contributed by atoms with Crippen LogP contribution in [-0.2, 0) is 11.2 Å². The van der Waals surface area contributed by atoms with Crippen molar-refractivity contribution in [1.29, 1.82) is 0 Å². The van der Waals surface area contributed by atoms with Gasteiger partial charge in [-0.3, -0.25) is 4.79 Å². The van der Waals surface area contributed by atoms with Crippen LogP contribution in [0.25, 0.3) is 0 Å². The van der Waals surface area contributed by atoms with Crippen molar-refractivity contribution in [1.82, 2.24) is 10.2 Å². The van der Waals surface area contributed by atoms with Crippen molar-refractivity contribution in [3.63, 3.8) is 0 Å². The predicted octanol–water partition coefficient (Wildman–Crippen LogP) is 4.22. The van der Waals surface area contributed by atoms with Crippen LogP contribution in [0.1, 0.15) is 81.9 Å². The third kappa shape index (κ3) is 4.86. The molecule has 4 rings (SSSR count). The number of benzene rings is 1. The Balaban J connectivity index is 1.43. The summed E-state index contributed by atoms with van der Waals surface area (Å²) >= 11 is 0. The van der Waals surface area contributed by atoms with Gasteiger partial charge < -0.3 is 15.3 Å². The van der Waals surface area contributed by atoms with Gasteiger partial charge in [0.25, 0.3) is 0 Å². The fourth-order valence-electron chi connectivity index (χ4n) is 5.88. The van der Waals surface area contributed by atoms with Gasteiger partial charge in [0.2, 0.25) is 5.91 Å². The summed E-state index contributed by atoms with van der Waals surface area (Å²) in [5, 5.41) is 14.0. The van der Waals surface area contributed by atoms with Gasteiger partial charge in [0.15, 0.2) is 0 Å². The maximum absolute atomic E-state index is 13.3. The number of hydrogen-bond donors (Lipinski definition) is 2. The second-order valence-electron chi connectivity index (χ2n) is 9.89. The number of carbonyl (C=O) groups excluding carboxylic acids is 1. The lowest BCUT2D eigenvalue weighted by atomic mass is 9.74. The summed E-state index contributed by atoms with van der Waals surface area (Å²) in [4.78, 5) is 15.4. The number of hydrogen-bond acceptors (Lipinski definition) is 3. The Kier molecular flexibility index (Phi) is 6.60. The lowest BCUT2D eigenvalue weighted by molar-refractivity contribution is -0.135. The monoisotopic (exact) mass is 398 g/mol. The summed E-state index contributed by atoms with van der Waals surface area (Å²) in [6.45, 7) is 4.05. The molecule has 160 valence electrons. The molecule has 1 aromatic carbocycles. The topological polar surface area (TPSA) is 52.6 Å². The van der Waals surface area contributed by atoms with Gasteiger partial charge in [-0.05, 0) is 55.1 Å². The van der Waals surface area contributed by atoms with E-state index < -0.39 is 5.60 Å². The first-order valence-corrected chi connectivity index (χ1v) is 11.9. The first-order chi connectivity index (χ1) is 14.1. The van der Waals surface area contributed by atoms with E-state index in [1.807, 2.05) is 0 Å². The summed E-state index contributed by atoms with van der Waals surface area (Å²) in [6, 6.07) is 8.96. The van der Waals surface area contributed by atoms with Crippen molar-refractivity contribution in [3.8, 4) is 0 Å². The van der Waals surface area contributed by atoms with E-state index in [1.54, 1.807) is 0 Å². The van der Waals surface area contributed by atoms with Crippen LogP contribution in [0.5, 0.6) is 0 Å². The molecular weight excluding hydrogens is 360 g/mol. The molecule has 1 heterocycles. The molecule has 4 heteroatoms. The van der Waals surface area contributed by atoms with Gasteiger partial charge in [-0.25, -0.2) is 0 Å². The van der Waals surface area contributed by atoms with Crippen molar-refractivity contribution in [3.05, 3.63) is 35.4 Å². The Hall–Kier alpha value is -1.39. The molecule has 2 saturated carbocycles. The number of fused-ring (bicyclic) bond motifs is 1. The highest BCUT2D eigenvalue weighted by Crippen LogP contribution is 2.43. The maximum Gasteiger partial charge on any atom is 0.237 e. The number of aliphatic hydroxyl groups is 1. The fourth-order valence-corrected chi connectivity index (χ4v) is 5.88. The molecule has 1 amide bonds. The molecule has 0 saturated heterocycles. The molecule has 1 aromatic rings. The van der Waals surface area contributed by atoms with Crippen LogP contribution in [-0.4, -0.2) is 41.1 Å². The van der Waals surface area contributed by atoms with E-state index in [1.165, 1.54) is 43.2 Å². The van der Waals surface area contributed by atoms with E-state index in [2.05, 4.69) is 41.4 Å². The second kappa shape index (κ2) is 9.18. The SMILES string of the molecule is CC1CCC(C2c3ccccc3CCN2C(=O)CNCC2(O)CCCCC2)CC1. The molecule has 2 N–H and O–H groups in total. The molecular formula is C25H38N2O2. The fraction of sp³-hybridized carbons (Fsp3) is 0.720. The van der Waals surface area contributed by atoms with Crippen LogP contribution in [0.3, 0.4) is 0 Å². The van der Waals surface area contributed by atoms with E-state index in [4.69, 9.17) is 0 Å². The molecule has 0 spiro atoms. The number of amides is 1. The largest absolute Gasteiger partial charge is 0.389 e. The molecule has 2 fully saturated rings. The number of rotatable bonds is 5. The van der Waals surface area contributed by atoms with Crippen molar-refractivity contribution in [2.45, 2.75) is 82.8 Å². The first kappa shape index (κ1) is 20.9. The van der Waals surface area contributed by atoms with Gasteiger partial charge >= 0.3 is 0 Å². The third-order valence-electron chi connectivity index (χ3n) is 7.67. The van der Waals surface area contributed by atoms with Gasteiger partial charge in [-0.15, -0.1) is 0 Å². The van der Waals surface area contributed by atoms with E-state index in [-0.39, 0.29) is 11.9 Å². The number of nitrogens with one attached hydrogen (secondary N) is 1. The number of carbonyl (C=O) groups is 1. The van der Waals surface area contributed by atoms with Crippen LogP contribution in [0, 0.1) is 11.8 Å². The minimum atomic E-state index is -0.619. The third-order valence-corrected chi connectivity index (χ3v) is 7.67. The molecule has 3 aliphatic rings. The highest BCUT2D eigenvalue weighted by molar-refractivity contribution is 5.79. The van der Waals surface area contributed by atoms with Crippen LogP contribution >= 0.6 is 0 Å². The Morgan fingerprint density at radius 2 is 1.86 bits per heavy atom. The van der Waals surface area contributed by atoms with Crippen molar-refractivity contribution < 1.29 is 9.90 Å². The minimum Gasteiger partial charge on any atom is -0.389 e. The summed E-state index contributed by atoms with van der Waals surface area (Å²) in [5.41, 5.74) is 2.17. The Morgan fingerprint density at radius 3 is 2.62 bits per heavy atom. The molecule has 1 atom stereocenters. The quantitative estimate of drug-likeness (QED) is 0.781. The maximum atomic E-state index is 13.3. The Labute approximate surface area is 176 Å². The Bertz CT molecular complexity index is 690. The van der Waals surface area contributed by atoms with E-state index in [0.29, 0.717) is 19.0 Å². The lowest BCUT2D eigenvalue weighted by Crippen LogP contribution is -2.49. The van der Waals surface area contributed by atoms with Gasteiger partial charge in [-0.1, -0.05) is 63.3 Å². The van der Waals surface area contributed by atoms with Crippen LogP contribution < -0.4 is 5.32 Å². The smallest absolute Gasteiger partial charge is 0.237 e. The van der Waals surface area contributed by atoms with Crippen LogP contribution in [0.2, 0.25) is 0 Å². The van der Waals surface area contributed by atoms with Crippen LogP contribution in [0.15, 0.2) is 24.3 Å². The molecule has 29 heavy (non-hydrogen) atoms. The predicted molar refractivity (Wildman–Crippen MR) is 117 cm³/mol. The molecule has 1 unspecified atom stereocenters. The highest BCUT2D eigenvalue weighted by Gasteiger charge is 2.37. The normalized spacial score (nSPS) is 29.3. The summed E-state index contributed by atoms with van der Waals surface area (Å²) in [7, 11) is 0. The van der Waals surface area contributed by atoms with Crippen LogP contribution in [0.4, 0.5) is 0 Å². The zero-order valence-electron chi connectivity index (χ0n) is 18.0. The van der Waals surface area contributed by atoms with E-state index >= 15 is 0 Å². The molecule has 4 nitrogen and oxygen atoms in total. The lowest BCUT2D eigenvalue weighted by Gasteiger charge is -2.44. The standard InChI is InChI=1S/C25H38N2O2/c1-19-9-11-21(12-10-19)24-22-8-4-3-7-20(22)13-16-27(24)23(28)17-26-18-25(29)14-5-2-6-15-25/h3-4,7-8,19,21,24,26,29H,2,5-6,9-18H2,1H3. The first-order valence-electron chi connectivity index (χ1n) is 11.9. The zero-order valence-corrected chi connectivity index (χ0v) is 18.0. The van der Waals surface area contributed by atoms with Gasteiger partial charge in [-0.2, -0.15) is 0 Å². The van der Waals surface area contributed by atoms with Gasteiger partial charge in [0.1, 0.15) is 0 Å². The molecule has 0 aromatic heterocycles. The summed E-state index contributed by atoms with van der Waals surface area (Å²) in [6.07, 6.45) is 11.1. The minimum absolute atomic E-state index is 0.197. The molecule has 0 radical (unpaired) electrons. The summed E-state index contributed by atoms with van der Waals surface area (Å²) in [5.74, 6) is 1.58. The van der Waals surface area contributed by atoms with Gasteiger partial charge in [0.05, 0.1) is 18.2 Å². The average Bonchev–Trinajstić information content (AvgIpc) is 2.74. The number of nitrogens with zero attached hydrogens (tertiary/aromatic N) is 1. The second-order valence-corrected chi connectivity index (χ2v) is 9.89. The van der Waals surface area contributed by atoms with Gasteiger partial charge in [0, 0.05) is 13.1 Å². The van der Waals surface area contributed by atoms with E-state index in [0.717, 1.165) is 44.6 Å². The molecule has 2 aliphatic carbocycles.